The van der Waals surface area contributed by atoms with Gasteiger partial charge in [0.1, 0.15) is 0 Å². The van der Waals surface area contributed by atoms with E-state index < -0.39 is 5.60 Å². The molecule has 0 aromatic heterocycles. The molecule has 19 heavy (non-hydrogen) atoms. The lowest BCUT2D eigenvalue weighted by Crippen LogP contribution is -2.40. The van der Waals surface area contributed by atoms with E-state index in [2.05, 4.69) is 33.0 Å². The Labute approximate surface area is 116 Å². The van der Waals surface area contributed by atoms with Gasteiger partial charge in [0.2, 0.25) is 0 Å². The average molecular weight is 271 g/mol. The van der Waals surface area contributed by atoms with E-state index in [0.29, 0.717) is 19.2 Å². The molecule has 0 aromatic carbocycles. The molecular formula is C15H29NO3. The van der Waals surface area contributed by atoms with E-state index in [0.717, 1.165) is 19.3 Å². The van der Waals surface area contributed by atoms with E-state index in [4.69, 9.17) is 4.74 Å². The van der Waals surface area contributed by atoms with Gasteiger partial charge in [0, 0.05) is 23.9 Å². The van der Waals surface area contributed by atoms with Gasteiger partial charge in [0.05, 0.1) is 24.4 Å². The van der Waals surface area contributed by atoms with Crippen LogP contribution in [0.15, 0.2) is 0 Å². The molecule has 0 radical (unpaired) electrons. The van der Waals surface area contributed by atoms with Crippen LogP contribution in [0.2, 0.25) is 0 Å². The Morgan fingerprint density at radius 1 is 1.37 bits per heavy atom. The van der Waals surface area contributed by atoms with Gasteiger partial charge >= 0.3 is 0 Å². The van der Waals surface area contributed by atoms with Crippen molar-refractivity contribution >= 4 is 0 Å². The largest absolute Gasteiger partial charge is 0.396 e. The molecule has 4 heteroatoms. The van der Waals surface area contributed by atoms with Crippen LogP contribution in [0.25, 0.3) is 0 Å². The molecule has 0 aliphatic heterocycles. The smallest absolute Gasteiger partial charge is 0.0832 e. The molecule has 2 atom stereocenters. The van der Waals surface area contributed by atoms with Crippen LogP contribution >= 0.6 is 0 Å². The van der Waals surface area contributed by atoms with Crippen molar-refractivity contribution in [3.63, 3.8) is 0 Å². The van der Waals surface area contributed by atoms with Crippen LogP contribution in [0.5, 0.6) is 0 Å². The third-order valence-corrected chi connectivity index (χ3v) is 4.74. The molecule has 0 aromatic rings. The van der Waals surface area contributed by atoms with Crippen LogP contribution in [-0.4, -0.2) is 47.2 Å². The molecule has 4 nitrogen and oxygen atoms in total. The average Bonchev–Trinajstić information content (AvgIpc) is 3.22. The first-order valence-corrected chi connectivity index (χ1v) is 7.44. The Morgan fingerprint density at radius 3 is 2.47 bits per heavy atom. The summed E-state index contributed by atoms with van der Waals surface area (Å²) >= 11 is 0. The van der Waals surface area contributed by atoms with Gasteiger partial charge in [-0.15, -0.1) is 0 Å². The van der Waals surface area contributed by atoms with Gasteiger partial charge in [-0.05, 0) is 33.1 Å². The van der Waals surface area contributed by atoms with Crippen LogP contribution in [0.1, 0.15) is 47.0 Å². The number of nitrogens with one attached hydrogen (secondary N) is 1. The van der Waals surface area contributed by atoms with Crippen LogP contribution in [-0.2, 0) is 4.74 Å². The lowest BCUT2D eigenvalue weighted by atomic mass is 9.99. The minimum atomic E-state index is -0.621. The fourth-order valence-corrected chi connectivity index (χ4v) is 2.73. The summed E-state index contributed by atoms with van der Waals surface area (Å²) in [5, 5.41) is 23.1. The number of aliphatic hydroxyl groups excluding tert-OH is 1. The molecule has 2 rings (SSSR count). The first-order valence-electron chi connectivity index (χ1n) is 7.44. The second kappa shape index (κ2) is 4.99. The lowest BCUT2D eigenvalue weighted by molar-refractivity contribution is -0.0789. The SMILES string of the molecule is CC(C)NCC1(O)CC1C(C)(C)OCC1(CO)CC1. The Balaban J connectivity index is 1.80. The maximum atomic E-state index is 10.5. The summed E-state index contributed by atoms with van der Waals surface area (Å²) in [6.45, 7) is 9.73. The summed E-state index contributed by atoms with van der Waals surface area (Å²) < 4.78 is 6.03. The van der Waals surface area contributed by atoms with Gasteiger partial charge in [-0.1, -0.05) is 13.8 Å². The quantitative estimate of drug-likeness (QED) is 0.623. The van der Waals surface area contributed by atoms with Crippen LogP contribution in [0.3, 0.4) is 0 Å². The standard InChI is InChI=1S/C15H29NO3/c1-11(2)16-8-15(18)7-12(15)13(3,4)19-10-14(9-17)5-6-14/h11-12,16-18H,5-10H2,1-4H3. The number of hydrogen-bond acceptors (Lipinski definition) is 4. The second-order valence-corrected chi connectivity index (χ2v) is 7.45. The molecule has 112 valence electrons. The summed E-state index contributed by atoms with van der Waals surface area (Å²) in [4.78, 5) is 0. The monoisotopic (exact) mass is 271 g/mol. The predicted molar refractivity (Wildman–Crippen MR) is 75.0 cm³/mol. The molecule has 2 fully saturated rings. The maximum Gasteiger partial charge on any atom is 0.0832 e. The molecule has 2 saturated carbocycles. The van der Waals surface area contributed by atoms with E-state index >= 15 is 0 Å². The van der Waals surface area contributed by atoms with E-state index in [9.17, 15) is 10.2 Å². The molecule has 0 amide bonds. The van der Waals surface area contributed by atoms with E-state index in [-0.39, 0.29) is 23.5 Å². The van der Waals surface area contributed by atoms with Crippen molar-refractivity contribution in [1.29, 1.82) is 0 Å². The van der Waals surface area contributed by atoms with Gasteiger partial charge in [-0.2, -0.15) is 0 Å². The zero-order chi connectivity index (χ0) is 14.3. The third-order valence-electron chi connectivity index (χ3n) is 4.74. The number of rotatable bonds is 8. The van der Waals surface area contributed by atoms with Crippen LogP contribution in [0, 0.1) is 11.3 Å². The minimum absolute atomic E-state index is 0.0143. The Kier molecular flexibility index (Phi) is 4.00. The van der Waals surface area contributed by atoms with Gasteiger partial charge < -0.3 is 20.3 Å². The Bertz CT molecular complexity index is 325. The Morgan fingerprint density at radius 2 is 2.00 bits per heavy atom. The highest BCUT2D eigenvalue weighted by molar-refractivity contribution is 5.12. The summed E-state index contributed by atoms with van der Waals surface area (Å²) in [6, 6.07) is 0.387. The molecular weight excluding hydrogens is 242 g/mol. The number of hydrogen-bond donors (Lipinski definition) is 3. The highest BCUT2D eigenvalue weighted by Gasteiger charge is 2.60. The van der Waals surface area contributed by atoms with Crippen molar-refractivity contribution in [2.24, 2.45) is 11.3 Å². The lowest BCUT2D eigenvalue weighted by Gasteiger charge is -2.30. The maximum absolute atomic E-state index is 10.5. The van der Waals surface area contributed by atoms with Gasteiger partial charge in [0.25, 0.3) is 0 Å². The number of ether oxygens (including phenoxy) is 1. The van der Waals surface area contributed by atoms with Crippen molar-refractivity contribution in [2.75, 3.05) is 19.8 Å². The molecule has 0 bridgehead atoms. The molecule has 2 unspecified atom stereocenters. The summed E-state index contributed by atoms with van der Waals surface area (Å²) in [7, 11) is 0. The highest BCUT2D eigenvalue weighted by Crippen LogP contribution is 2.53. The van der Waals surface area contributed by atoms with Crippen molar-refractivity contribution in [2.45, 2.75) is 64.2 Å². The molecule has 0 spiro atoms. The normalized spacial score (nSPS) is 32.7. The van der Waals surface area contributed by atoms with Crippen LogP contribution < -0.4 is 5.32 Å². The van der Waals surface area contributed by atoms with Crippen molar-refractivity contribution < 1.29 is 14.9 Å². The van der Waals surface area contributed by atoms with Crippen molar-refractivity contribution in [1.82, 2.24) is 5.32 Å². The topological polar surface area (TPSA) is 61.7 Å². The fraction of sp³-hybridized carbons (Fsp3) is 1.00. The summed E-state index contributed by atoms with van der Waals surface area (Å²) in [5.41, 5.74) is -0.928. The zero-order valence-corrected chi connectivity index (χ0v) is 12.7. The van der Waals surface area contributed by atoms with E-state index in [1.54, 1.807) is 0 Å². The van der Waals surface area contributed by atoms with E-state index in [1.807, 2.05) is 0 Å². The molecule has 0 saturated heterocycles. The molecule has 2 aliphatic carbocycles. The zero-order valence-electron chi connectivity index (χ0n) is 12.7. The van der Waals surface area contributed by atoms with Gasteiger partial charge in [0.15, 0.2) is 0 Å². The van der Waals surface area contributed by atoms with Gasteiger partial charge in [-0.25, -0.2) is 0 Å². The molecule has 2 aliphatic rings. The summed E-state index contributed by atoms with van der Waals surface area (Å²) in [6.07, 6.45) is 2.92. The van der Waals surface area contributed by atoms with Crippen LogP contribution in [0.4, 0.5) is 0 Å². The van der Waals surface area contributed by atoms with Crippen molar-refractivity contribution in [3.05, 3.63) is 0 Å². The first-order chi connectivity index (χ1) is 8.73. The van der Waals surface area contributed by atoms with Crippen molar-refractivity contribution in [3.8, 4) is 0 Å². The first kappa shape index (κ1) is 15.2. The third kappa shape index (κ3) is 3.48. The molecule has 0 heterocycles. The minimum Gasteiger partial charge on any atom is -0.396 e. The predicted octanol–water partition coefficient (Wildman–Crippen LogP) is 1.30. The molecule has 3 N–H and O–H groups in total. The summed E-state index contributed by atoms with van der Waals surface area (Å²) in [5.74, 6) is 0.181. The van der Waals surface area contributed by atoms with Gasteiger partial charge in [-0.3, -0.25) is 0 Å². The number of aliphatic hydroxyl groups is 2. The van der Waals surface area contributed by atoms with E-state index in [1.165, 1.54) is 0 Å². The fourth-order valence-electron chi connectivity index (χ4n) is 2.73. The highest BCUT2D eigenvalue weighted by atomic mass is 16.5. The second-order valence-electron chi connectivity index (χ2n) is 7.45. The Hall–Kier alpha value is -0.160.